The van der Waals surface area contributed by atoms with Gasteiger partial charge in [0.25, 0.3) is 0 Å². The van der Waals surface area contributed by atoms with Crippen molar-refractivity contribution in [1.82, 2.24) is 14.8 Å². The van der Waals surface area contributed by atoms with Gasteiger partial charge in [0.1, 0.15) is 23.9 Å². The molecule has 0 bridgehead atoms. The topological polar surface area (TPSA) is 79.7 Å². The summed E-state index contributed by atoms with van der Waals surface area (Å²) in [7, 11) is 4.94. The SMILES string of the molecule is COc1ccc([C@@H]2C3=C(Nc4ncnn42)c2cc(C)ccc2O[C@H]3c2ccccc2OC)cc1OC. The first-order valence-corrected chi connectivity index (χ1v) is 11.7. The van der Waals surface area contributed by atoms with Gasteiger partial charge in [-0.05, 0) is 42.8 Å². The van der Waals surface area contributed by atoms with Crippen molar-refractivity contribution in [1.29, 1.82) is 0 Å². The lowest BCUT2D eigenvalue weighted by Crippen LogP contribution is -2.32. The number of aromatic nitrogens is 3. The van der Waals surface area contributed by atoms with Crippen LogP contribution in [-0.2, 0) is 0 Å². The fourth-order valence-corrected chi connectivity index (χ4v) is 5.07. The second-order valence-corrected chi connectivity index (χ2v) is 8.74. The number of rotatable bonds is 5. The number of aryl methyl sites for hydroxylation is 1. The predicted octanol–water partition coefficient (Wildman–Crippen LogP) is 5.17. The minimum absolute atomic E-state index is 0.317. The van der Waals surface area contributed by atoms with Crippen LogP contribution in [0.1, 0.15) is 34.4 Å². The zero-order valence-electron chi connectivity index (χ0n) is 20.5. The molecule has 8 heteroatoms. The van der Waals surface area contributed by atoms with E-state index in [2.05, 4.69) is 34.5 Å². The van der Waals surface area contributed by atoms with E-state index in [1.54, 1.807) is 27.7 Å². The number of hydrogen-bond donors (Lipinski definition) is 1. The first-order valence-electron chi connectivity index (χ1n) is 11.7. The Hall–Kier alpha value is -4.46. The Morgan fingerprint density at radius 1 is 0.889 bits per heavy atom. The van der Waals surface area contributed by atoms with Crippen molar-refractivity contribution in [3.8, 4) is 23.0 Å². The Balaban J connectivity index is 1.64. The van der Waals surface area contributed by atoms with Gasteiger partial charge in [-0.15, -0.1) is 0 Å². The molecule has 3 aromatic carbocycles. The van der Waals surface area contributed by atoms with Gasteiger partial charge in [0.05, 0.1) is 27.0 Å². The first kappa shape index (κ1) is 22.0. The van der Waals surface area contributed by atoms with Gasteiger partial charge in [-0.1, -0.05) is 35.9 Å². The van der Waals surface area contributed by atoms with E-state index in [0.29, 0.717) is 17.4 Å². The third-order valence-electron chi connectivity index (χ3n) is 6.71. The van der Waals surface area contributed by atoms with E-state index in [-0.39, 0.29) is 6.04 Å². The molecule has 0 fully saturated rings. The average molecular weight is 483 g/mol. The molecule has 0 aliphatic carbocycles. The zero-order chi connectivity index (χ0) is 24.8. The zero-order valence-corrected chi connectivity index (χ0v) is 20.5. The number of para-hydroxylation sites is 1. The van der Waals surface area contributed by atoms with Gasteiger partial charge in [0.15, 0.2) is 17.6 Å². The normalized spacial score (nSPS) is 17.8. The number of nitrogens with zero attached hydrogens (tertiary/aromatic N) is 3. The summed E-state index contributed by atoms with van der Waals surface area (Å²) in [5.41, 5.74) is 5.97. The van der Waals surface area contributed by atoms with Crippen molar-refractivity contribution in [2.45, 2.75) is 19.1 Å². The van der Waals surface area contributed by atoms with Gasteiger partial charge < -0.3 is 24.3 Å². The standard InChI is InChI=1S/C28H26N4O4/c1-16-9-11-21-19(13-16)25-24(27(36-21)18-7-5-6-8-20(18)33-2)26(32-28(31-25)29-15-30-32)17-10-12-22(34-3)23(14-17)35-4/h5-15,26-27H,1-4H3,(H,29,30,31)/t26-,27+/m1/s1. The number of fused-ring (bicyclic) bond motifs is 3. The van der Waals surface area contributed by atoms with E-state index >= 15 is 0 Å². The summed E-state index contributed by atoms with van der Waals surface area (Å²) in [4.78, 5) is 4.51. The van der Waals surface area contributed by atoms with Crippen molar-refractivity contribution >= 4 is 11.6 Å². The van der Waals surface area contributed by atoms with E-state index in [4.69, 9.17) is 18.9 Å². The molecule has 2 aliphatic rings. The van der Waals surface area contributed by atoms with Crippen molar-refractivity contribution in [2.24, 2.45) is 0 Å². The molecule has 2 atom stereocenters. The number of nitrogens with one attached hydrogen (secondary N) is 1. The van der Waals surface area contributed by atoms with Gasteiger partial charge in [-0.2, -0.15) is 10.1 Å². The van der Waals surface area contributed by atoms with Crippen LogP contribution >= 0.6 is 0 Å². The van der Waals surface area contributed by atoms with E-state index < -0.39 is 6.10 Å². The maximum absolute atomic E-state index is 6.73. The Labute approximate surface area is 209 Å². The quantitative estimate of drug-likeness (QED) is 0.420. The fourth-order valence-electron chi connectivity index (χ4n) is 5.07. The van der Waals surface area contributed by atoms with Gasteiger partial charge >= 0.3 is 0 Å². The predicted molar refractivity (Wildman–Crippen MR) is 136 cm³/mol. The molecule has 0 saturated heterocycles. The number of methoxy groups -OCH3 is 3. The molecule has 2 aliphatic heterocycles. The van der Waals surface area contributed by atoms with Crippen molar-refractivity contribution in [3.05, 3.63) is 94.8 Å². The van der Waals surface area contributed by atoms with Crippen LogP contribution in [-0.4, -0.2) is 36.1 Å². The highest BCUT2D eigenvalue weighted by molar-refractivity contribution is 5.85. The van der Waals surface area contributed by atoms with Crippen LogP contribution in [0, 0.1) is 6.92 Å². The number of anilines is 1. The van der Waals surface area contributed by atoms with Crippen LogP contribution in [0.25, 0.3) is 5.70 Å². The van der Waals surface area contributed by atoms with Crippen LogP contribution in [0.2, 0.25) is 0 Å². The summed E-state index contributed by atoms with van der Waals surface area (Å²) >= 11 is 0. The van der Waals surface area contributed by atoms with Gasteiger partial charge in [0.2, 0.25) is 5.95 Å². The molecule has 0 saturated carbocycles. The van der Waals surface area contributed by atoms with Crippen LogP contribution in [0.5, 0.6) is 23.0 Å². The number of hydrogen-bond acceptors (Lipinski definition) is 7. The molecular weight excluding hydrogens is 456 g/mol. The molecule has 3 heterocycles. The molecular formula is C28H26N4O4. The molecule has 0 unspecified atom stereocenters. The smallest absolute Gasteiger partial charge is 0.226 e. The minimum Gasteiger partial charge on any atom is -0.496 e. The van der Waals surface area contributed by atoms with E-state index in [0.717, 1.165) is 45.0 Å². The van der Waals surface area contributed by atoms with Crippen molar-refractivity contribution in [2.75, 3.05) is 26.6 Å². The molecule has 1 N–H and O–H groups in total. The maximum atomic E-state index is 6.73. The molecule has 0 amide bonds. The van der Waals surface area contributed by atoms with Gasteiger partial charge in [-0.25, -0.2) is 4.68 Å². The monoisotopic (exact) mass is 482 g/mol. The van der Waals surface area contributed by atoms with Crippen molar-refractivity contribution < 1.29 is 18.9 Å². The van der Waals surface area contributed by atoms with Crippen LogP contribution < -0.4 is 24.3 Å². The molecule has 4 aromatic rings. The lowest BCUT2D eigenvalue weighted by molar-refractivity contribution is 0.217. The molecule has 0 spiro atoms. The van der Waals surface area contributed by atoms with Gasteiger partial charge in [0, 0.05) is 16.7 Å². The number of benzene rings is 3. The second-order valence-electron chi connectivity index (χ2n) is 8.74. The Bertz CT molecular complexity index is 1490. The van der Waals surface area contributed by atoms with Crippen LogP contribution in [0.4, 0.5) is 5.95 Å². The number of ether oxygens (including phenoxy) is 4. The Kier molecular flexibility index (Phi) is 5.29. The van der Waals surface area contributed by atoms with E-state index in [9.17, 15) is 0 Å². The summed E-state index contributed by atoms with van der Waals surface area (Å²) in [6.07, 6.45) is 1.12. The molecule has 6 rings (SSSR count). The molecule has 182 valence electrons. The molecule has 36 heavy (non-hydrogen) atoms. The third-order valence-corrected chi connectivity index (χ3v) is 6.71. The largest absolute Gasteiger partial charge is 0.496 e. The minimum atomic E-state index is -0.436. The summed E-state index contributed by atoms with van der Waals surface area (Å²) in [5.74, 6) is 3.49. The highest BCUT2D eigenvalue weighted by Crippen LogP contribution is 2.52. The summed E-state index contributed by atoms with van der Waals surface area (Å²) in [6, 6.07) is 19.7. The third kappa shape index (κ3) is 3.37. The molecule has 8 nitrogen and oxygen atoms in total. The highest BCUT2D eigenvalue weighted by Gasteiger charge is 2.42. The summed E-state index contributed by atoms with van der Waals surface area (Å²) in [5, 5.41) is 8.14. The van der Waals surface area contributed by atoms with Gasteiger partial charge in [-0.3, -0.25) is 0 Å². The second kappa shape index (κ2) is 8.64. The van der Waals surface area contributed by atoms with E-state index in [1.165, 1.54) is 0 Å². The highest BCUT2D eigenvalue weighted by atomic mass is 16.5. The average Bonchev–Trinajstić information content (AvgIpc) is 3.39. The lowest BCUT2D eigenvalue weighted by Gasteiger charge is -2.39. The summed E-state index contributed by atoms with van der Waals surface area (Å²) in [6.45, 7) is 2.07. The fraction of sp³-hybridized carbons (Fsp3) is 0.214. The van der Waals surface area contributed by atoms with Crippen LogP contribution in [0.3, 0.4) is 0 Å². The summed E-state index contributed by atoms with van der Waals surface area (Å²) < 4.78 is 25.5. The Morgan fingerprint density at radius 3 is 2.50 bits per heavy atom. The van der Waals surface area contributed by atoms with E-state index in [1.807, 2.05) is 53.2 Å². The first-order chi connectivity index (χ1) is 17.6. The molecule has 0 radical (unpaired) electrons. The Morgan fingerprint density at radius 2 is 1.69 bits per heavy atom. The van der Waals surface area contributed by atoms with Crippen LogP contribution in [0.15, 0.2) is 72.6 Å². The lowest BCUT2D eigenvalue weighted by atomic mass is 9.84. The van der Waals surface area contributed by atoms with Crippen molar-refractivity contribution in [3.63, 3.8) is 0 Å². The maximum Gasteiger partial charge on any atom is 0.226 e. The molecule has 1 aromatic heterocycles.